The Morgan fingerprint density at radius 1 is 1.15 bits per heavy atom. The first-order chi connectivity index (χ1) is 13.1. The van der Waals surface area contributed by atoms with Gasteiger partial charge in [0, 0.05) is 51.0 Å². The van der Waals surface area contributed by atoms with Crippen LogP contribution >= 0.6 is 0 Å². The van der Waals surface area contributed by atoms with Gasteiger partial charge in [-0.3, -0.25) is 14.7 Å². The van der Waals surface area contributed by atoms with Crippen LogP contribution in [-0.2, 0) is 17.8 Å². The Morgan fingerprint density at radius 2 is 1.89 bits per heavy atom. The third kappa shape index (κ3) is 5.90. The van der Waals surface area contributed by atoms with E-state index in [-0.39, 0.29) is 0 Å². The second-order valence-electron chi connectivity index (χ2n) is 7.98. The van der Waals surface area contributed by atoms with Crippen molar-refractivity contribution in [2.24, 2.45) is 5.92 Å². The van der Waals surface area contributed by atoms with Crippen LogP contribution in [0.1, 0.15) is 37.8 Å². The normalized spacial score (nSPS) is 14.6. The molecule has 27 heavy (non-hydrogen) atoms. The fourth-order valence-electron chi connectivity index (χ4n) is 3.67. The maximum atomic E-state index is 12.5. The molecule has 0 saturated carbocycles. The molecule has 0 unspecified atom stereocenters. The zero-order valence-corrected chi connectivity index (χ0v) is 16.6. The third-order valence-electron chi connectivity index (χ3n) is 5.14. The van der Waals surface area contributed by atoms with Crippen molar-refractivity contribution in [3.8, 4) is 0 Å². The Bertz CT molecular complexity index is 696. The van der Waals surface area contributed by atoms with E-state index in [0.29, 0.717) is 24.3 Å². The summed E-state index contributed by atoms with van der Waals surface area (Å²) in [4.78, 5) is 21.2. The first kappa shape index (κ1) is 19.6. The molecule has 0 bridgehead atoms. The lowest BCUT2D eigenvalue weighted by atomic mass is 10.0. The van der Waals surface area contributed by atoms with Crippen molar-refractivity contribution in [2.45, 2.75) is 45.7 Å². The molecule has 0 atom stereocenters. The molecule has 1 fully saturated rings. The Labute approximate surface area is 163 Å². The minimum atomic E-state index is 0.299. The van der Waals surface area contributed by atoms with Crippen LogP contribution in [-0.4, -0.2) is 46.4 Å². The molecule has 1 amide bonds. The van der Waals surface area contributed by atoms with Crippen LogP contribution in [0.25, 0.3) is 0 Å². The van der Waals surface area contributed by atoms with E-state index < -0.39 is 0 Å². The molecule has 4 nitrogen and oxygen atoms in total. The molecule has 3 rings (SSSR count). The van der Waals surface area contributed by atoms with Crippen molar-refractivity contribution in [3.05, 3.63) is 66.0 Å². The average Bonchev–Trinajstić information content (AvgIpc) is 2.61. The number of aryl methyl sites for hydroxylation is 1. The quantitative estimate of drug-likeness (QED) is 0.679. The number of carbonyl (C=O) groups excluding carboxylic acids is 1. The predicted molar refractivity (Wildman–Crippen MR) is 109 cm³/mol. The molecule has 1 aliphatic rings. The largest absolute Gasteiger partial charge is 0.339 e. The molecular weight excluding hydrogens is 334 g/mol. The van der Waals surface area contributed by atoms with Gasteiger partial charge in [-0.05, 0) is 36.0 Å². The fraction of sp³-hybridized carbons (Fsp3) is 0.478. The molecule has 0 spiro atoms. The van der Waals surface area contributed by atoms with E-state index in [1.165, 1.54) is 11.1 Å². The highest BCUT2D eigenvalue weighted by atomic mass is 16.2. The van der Waals surface area contributed by atoms with Crippen LogP contribution in [0.2, 0.25) is 0 Å². The zero-order valence-electron chi connectivity index (χ0n) is 16.6. The number of rotatable bonds is 9. The summed E-state index contributed by atoms with van der Waals surface area (Å²) in [5, 5.41) is 0. The number of likely N-dealkylation sites (tertiary alicyclic amines) is 1. The third-order valence-corrected chi connectivity index (χ3v) is 5.14. The molecule has 0 aliphatic carbocycles. The van der Waals surface area contributed by atoms with Gasteiger partial charge in [0.2, 0.25) is 5.91 Å². The van der Waals surface area contributed by atoms with Crippen molar-refractivity contribution in [3.63, 3.8) is 0 Å². The fourth-order valence-corrected chi connectivity index (χ4v) is 3.67. The molecule has 1 aromatic heterocycles. The number of pyridine rings is 1. The number of benzene rings is 1. The second-order valence-corrected chi connectivity index (χ2v) is 7.98. The van der Waals surface area contributed by atoms with Crippen molar-refractivity contribution in [2.75, 3.05) is 19.6 Å². The van der Waals surface area contributed by atoms with Crippen LogP contribution in [0.4, 0.5) is 0 Å². The van der Waals surface area contributed by atoms with Crippen LogP contribution < -0.4 is 0 Å². The predicted octanol–water partition coefficient (Wildman–Crippen LogP) is 3.77. The molecule has 0 radical (unpaired) electrons. The van der Waals surface area contributed by atoms with Crippen LogP contribution in [0, 0.1) is 5.92 Å². The molecule has 0 N–H and O–H groups in total. The number of aromatic nitrogens is 1. The van der Waals surface area contributed by atoms with E-state index >= 15 is 0 Å². The Hall–Kier alpha value is -2.20. The topological polar surface area (TPSA) is 36.4 Å². The number of hydrogen-bond donors (Lipinski definition) is 0. The van der Waals surface area contributed by atoms with Crippen molar-refractivity contribution in [1.82, 2.24) is 14.8 Å². The van der Waals surface area contributed by atoms with Gasteiger partial charge in [0.1, 0.15) is 0 Å². The summed E-state index contributed by atoms with van der Waals surface area (Å²) in [5.74, 6) is 0.908. The van der Waals surface area contributed by atoms with Gasteiger partial charge < -0.3 is 4.90 Å². The first-order valence-corrected chi connectivity index (χ1v) is 10.1. The number of carbonyl (C=O) groups is 1. The SMILES string of the molecule is CC(C)CN(Cc1cccnc1)C1CN(C(=O)CCCc2ccccc2)C1. The molecule has 2 heterocycles. The summed E-state index contributed by atoms with van der Waals surface area (Å²) >= 11 is 0. The van der Waals surface area contributed by atoms with Gasteiger partial charge >= 0.3 is 0 Å². The lowest BCUT2D eigenvalue weighted by Gasteiger charge is -2.46. The Morgan fingerprint density at radius 3 is 2.56 bits per heavy atom. The second kappa shape index (κ2) is 9.65. The number of amides is 1. The van der Waals surface area contributed by atoms with Gasteiger partial charge in [-0.2, -0.15) is 0 Å². The molecule has 4 heteroatoms. The summed E-state index contributed by atoms with van der Waals surface area (Å²) in [7, 11) is 0. The van der Waals surface area contributed by atoms with Gasteiger partial charge in [-0.15, -0.1) is 0 Å². The maximum absolute atomic E-state index is 12.5. The van der Waals surface area contributed by atoms with Gasteiger partial charge in [-0.1, -0.05) is 50.2 Å². The van der Waals surface area contributed by atoms with Crippen LogP contribution in [0.3, 0.4) is 0 Å². The number of hydrogen-bond acceptors (Lipinski definition) is 3. The van der Waals surface area contributed by atoms with E-state index in [4.69, 9.17) is 0 Å². The molecule has 1 saturated heterocycles. The smallest absolute Gasteiger partial charge is 0.222 e. The summed E-state index contributed by atoms with van der Waals surface area (Å²) in [6, 6.07) is 15.0. The highest BCUT2D eigenvalue weighted by Gasteiger charge is 2.34. The number of nitrogens with zero attached hydrogens (tertiary/aromatic N) is 3. The average molecular weight is 366 g/mol. The van der Waals surface area contributed by atoms with E-state index in [0.717, 1.165) is 39.0 Å². The van der Waals surface area contributed by atoms with E-state index in [1.54, 1.807) is 0 Å². The Kier molecular flexibility index (Phi) is 6.99. The zero-order chi connectivity index (χ0) is 19.1. The van der Waals surface area contributed by atoms with E-state index in [9.17, 15) is 4.79 Å². The van der Waals surface area contributed by atoms with Crippen LogP contribution in [0.15, 0.2) is 54.9 Å². The summed E-state index contributed by atoms with van der Waals surface area (Å²) in [6.07, 6.45) is 6.31. The van der Waals surface area contributed by atoms with Gasteiger partial charge in [0.25, 0.3) is 0 Å². The molecular formula is C23H31N3O. The lowest BCUT2D eigenvalue weighted by molar-refractivity contribution is -0.139. The van der Waals surface area contributed by atoms with Crippen molar-refractivity contribution in [1.29, 1.82) is 0 Å². The lowest BCUT2D eigenvalue weighted by Crippen LogP contribution is -2.61. The highest BCUT2D eigenvalue weighted by Crippen LogP contribution is 2.20. The molecule has 2 aromatic rings. The standard InChI is InChI=1S/C23H31N3O/c1-19(2)15-25(16-21-11-7-13-24-14-21)22-17-26(18-22)23(27)12-6-10-20-8-4-3-5-9-20/h3-5,7-9,11,13-14,19,22H,6,10,12,15-18H2,1-2H3. The Balaban J connectivity index is 1.44. The minimum absolute atomic E-state index is 0.299. The van der Waals surface area contributed by atoms with E-state index in [2.05, 4.69) is 54.1 Å². The molecule has 1 aromatic carbocycles. The van der Waals surface area contributed by atoms with Gasteiger partial charge in [0.05, 0.1) is 0 Å². The molecule has 1 aliphatic heterocycles. The van der Waals surface area contributed by atoms with Crippen molar-refractivity contribution >= 4 is 5.91 Å². The summed E-state index contributed by atoms with van der Waals surface area (Å²) < 4.78 is 0. The van der Waals surface area contributed by atoms with E-state index in [1.807, 2.05) is 29.4 Å². The monoisotopic (exact) mass is 365 g/mol. The summed E-state index contributed by atoms with van der Waals surface area (Å²) in [5.41, 5.74) is 2.55. The van der Waals surface area contributed by atoms with Gasteiger partial charge in [0.15, 0.2) is 0 Å². The maximum Gasteiger partial charge on any atom is 0.222 e. The molecule has 144 valence electrons. The first-order valence-electron chi connectivity index (χ1n) is 10.1. The van der Waals surface area contributed by atoms with Crippen LogP contribution in [0.5, 0.6) is 0 Å². The van der Waals surface area contributed by atoms with Crippen molar-refractivity contribution < 1.29 is 4.79 Å². The summed E-state index contributed by atoms with van der Waals surface area (Å²) in [6.45, 7) is 8.18. The minimum Gasteiger partial charge on any atom is -0.339 e. The van der Waals surface area contributed by atoms with Gasteiger partial charge in [-0.25, -0.2) is 0 Å². The highest BCUT2D eigenvalue weighted by molar-refractivity contribution is 5.77.